The summed E-state index contributed by atoms with van der Waals surface area (Å²) in [7, 11) is 0. The molecule has 2 nitrogen and oxygen atoms in total. The molecule has 1 aliphatic carbocycles. The topological polar surface area (TPSA) is 15.3 Å². The Kier molecular flexibility index (Phi) is 2.19. The molecule has 17 heavy (non-hydrogen) atoms. The number of nitrogens with one attached hydrogen (secondary N) is 1. The van der Waals surface area contributed by atoms with Crippen LogP contribution in [0.25, 0.3) is 0 Å². The summed E-state index contributed by atoms with van der Waals surface area (Å²) in [6, 6.07) is 8.73. The van der Waals surface area contributed by atoms with Gasteiger partial charge in [-0.3, -0.25) is 0 Å². The lowest BCUT2D eigenvalue weighted by Gasteiger charge is -2.54. The molecule has 2 bridgehead atoms. The molecule has 2 heterocycles. The Morgan fingerprint density at radius 3 is 2.53 bits per heavy atom. The van der Waals surface area contributed by atoms with Gasteiger partial charge in [0.05, 0.1) is 0 Å². The molecule has 2 atom stereocenters. The quantitative estimate of drug-likeness (QED) is 0.792. The first kappa shape index (κ1) is 9.95. The van der Waals surface area contributed by atoms with Gasteiger partial charge in [-0.15, -0.1) is 0 Å². The second-order valence-electron chi connectivity index (χ2n) is 5.77. The number of hydrogen-bond acceptors (Lipinski definition) is 2. The highest BCUT2D eigenvalue weighted by Gasteiger charge is 2.41. The van der Waals surface area contributed by atoms with Crippen molar-refractivity contribution in [2.24, 2.45) is 0 Å². The molecule has 4 rings (SSSR count). The Hall–Kier alpha value is -1.02. The maximum absolute atomic E-state index is 3.50. The third kappa shape index (κ3) is 1.50. The smallest absolute Gasteiger partial charge is 0.0438 e. The molecule has 0 spiro atoms. The number of piperazine rings is 1. The fourth-order valence-electron chi connectivity index (χ4n) is 3.78. The molecule has 2 fully saturated rings. The number of aryl methyl sites for hydroxylation is 2. The summed E-state index contributed by atoms with van der Waals surface area (Å²) in [5.41, 5.74) is 4.70. The van der Waals surface area contributed by atoms with Crippen molar-refractivity contribution in [2.75, 3.05) is 18.0 Å². The highest BCUT2D eigenvalue weighted by Crippen LogP contribution is 2.36. The molecule has 0 radical (unpaired) electrons. The fourth-order valence-corrected chi connectivity index (χ4v) is 3.78. The van der Waals surface area contributed by atoms with E-state index in [9.17, 15) is 0 Å². The fraction of sp³-hybridized carbons (Fsp3) is 0.600. The summed E-state index contributed by atoms with van der Waals surface area (Å²) in [5, 5.41) is 3.50. The second-order valence-corrected chi connectivity index (χ2v) is 5.77. The van der Waals surface area contributed by atoms with Crippen LogP contribution >= 0.6 is 0 Å². The van der Waals surface area contributed by atoms with Crippen LogP contribution in [-0.2, 0) is 12.8 Å². The largest absolute Gasteiger partial charge is 0.363 e. The average Bonchev–Trinajstić information content (AvgIpc) is 2.39. The van der Waals surface area contributed by atoms with E-state index >= 15 is 0 Å². The van der Waals surface area contributed by atoms with Crippen LogP contribution in [0.4, 0.5) is 5.69 Å². The van der Waals surface area contributed by atoms with Crippen molar-refractivity contribution in [1.82, 2.24) is 5.32 Å². The lowest BCUT2D eigenvalue weighted by atomic mass is 9.86. The van der Waals surface area contributed by atoms with E-state index in [0.717, 1.165) is 12.1 Å². The lowest BCUT2D eigenvalue weighted by Crippen LogP contribution is -2.68. The molecule has 0 aromatic heterocycles. The maximum Gasteiger partial charge on any atom is 0.0438 e. The van der Waals surface area contributed by atoms with Gasteiger partial charge in [0, 0.05) is 30.9 Å². The van der Waals surface area contributed by atoms with E-state index in [1.165, 1.54) is 50.9 Å². The molecule has 2 aliphatic heterocycles. The minimum atomic E-state index is 0.760. The zero-order chi connectivity index (χ0) is 11.2. The van der Waals surface area contributed by atoms with Crippen molar-refractivity contribution >= 4 is 5.69 Å². The predicted molar refractivity (Wildman–Crippen MR) is 70.6 cm³/mol. The summed E-state index contributed by atoms with van der Waals surface area (Å²) in [4.78, 5) is 2.64. The molecular formula is C15H20N2. The summed E-state index contributed by atoms with van der Waals surface area (Å²) in [6.45, 7) is 2.35. The Morgan fingerprint density at radius 2 is 1.76 bits per heavy atom. The first-order valence-electron chi connectivity index (χ1n) is 7.03. The summed E-state index contributed by atoms with van der Waals surface area (Å²) in [5.74, 6) is 0. The molecule has 90 valence electrons. The summed E-state index contributed by atoms with van der Waals surface area (Å²) < 4.78 is 0. The van der Waals surface area contributed by atoms with Gasteiger partial charge < -0.3 is 10.2 Å². The van der Waals surface area contributed by atoms with Gasteiger partial charge >= 0.3 is 0 Å². The van der Waals surface area contributed by atoms with Gasteiger partial charge in [-0.05, 0) is 55.4 Å². The highest BCUT2D eigenvalue weighted by atomic mass is 15.3. The van der Waals surface area contributed by atoms with Gasteiger partial charge in [0.2, 0.25) is 0 Å². The number of rotatable bonds is 1. The van der Waals surface area contributed by atoms with Crippen LogP contribution in [0.1, 0.15) is 30.4 Å². The Morgan fingerprint density at radius 1 is 1.00 bits per heavy atom. The van der Waals surface area contributed by atoms with E-state index in [0.29, 0.717) is 0 Å². The van der Waals surface area contributed by atoms with E-state index in [1.54, 1.807) is 11.1 Å². The SMILES string of the molecule is c1cc2c(cc1N1C3CNCC1C3)CCCC2. The molecule has 1 aromatic carbocycles. The third-order valence-corrected chi connectivity index (χ3v) is 4.72. The van der Waals surface area contributed by atoms with Crippen molar-refractivity contribution in [3.8, 4) is 0 Å². The summed E-state index contributed by atoms with van der Waals surface area (Å²) in [6.07, 6.45) is 6.74. The summed E-state index contributed by atoms with van der Waals surface area (Å²) >= 11 is 0. The third-order valence-electron chi connectivity index (χ3n) is 4.72. The van der Waals surface area contributed by atoms with Crippen molar-refractivity contribution in [2.45, 2.75) is 44.2 Å². The first-order valence-corrected chi connectivity index (χ1v) is 7.03. The molecule has 2 unspecified atom stereocenters. The normalized spacial score (nSPS) is 30.7. The second kappa shape index (κ2) is 3.74. The van der Waals surface area contributed by atoms with Crippen molar-refractivity contribution in [3.63, 3.8) is 0 Å². The van der Waals surface area contributed by atoms with E-state index in [4.69, 9.17) is 0 Å². The van der Waals surface area contributed by atoms with Crippen molar-refractivity contribution in [3.05, 3.63) is 29.3 Å². The monoisotopic (exact) mass is 228 g/mol. The highest BCUT2D eigenvalue weighted by molar-refractivity contribution is 5.56. The number of anilines is 1. The minimum absolute atomic E-state index is 0.760. The van der Waals surface area contributed by atoms with Gasteiger partial charge in [-0.2, -0.15) is 0 Å². The minimum Gasteiger partial charge on any atom is -0.363 e. The van der Waals surface area contributed by atoms with Crippen LogP contribution in [0.2, 0.25) is 0 Å². The molecule has 1 aromatic rings. The van der Waals surface area contributed by atoms with Gasteiger partial charge in [0.15, 0.2) is 0 Å². The van der Waals surface area contributed by atoms with Crippen LogP contribution < -0.4 is 10.2 Å². The number of fused-ring (bicyclic) bond motifs is 3. The maximum atomic E-state index is 3.50. The molecule has 0 amide bonds. The van der Waals surface area contributed by atoms with Crippen LogP contribution in [0, 0.1) is 0 Å². The standard InChI is InChI=1S/C15H20N2/c1-2-4-12-7-13(6-5-11(12)3-1)17-14-8-15(17)10-16-9-14/h5-7,14-16H,1-4,8-10H2. The van der Waals surface area contributed by atoms with Gasteiger partial charge in [-0.1, -0.05) is 6.07 Å². The van der Waals surface area contributed by atoms with Gasteiger partial charge in [-0.25, -0.2) is 0 Å². The Bertz CT molecular complexity index is 427. The van der Waals surface area contributed by atoms with Crippen molar-refractivity contribution in [1.29, 1.82) is 0 Å². The number of benzene rings is 1. The van der Waals surface area contributed by atoms with Crippen LogP contribution in [0.3, 0.4) is 0 Å². The van der Waals surface area contributed by atoms with E-state index < -0.39 is 0 Å². The molecular weight excluding hydrogens is 208 g/mol. The van der Waals surface area contributed by atoms with Crippen LogP contribution in [-0.4, -0.2) is 25.2 Å². The molecule has 2 saturated heterocycles. The Labute approximate surface area is 103 Å². The number of piperidine rings is 1. The van der Waals surface area contributed by atoms with Crippen LogP contribution in [0.15, 0.2) is 18.2 Å². The Balaban J connectivity index is 1.66. The lowest BCUT2D eigenvalue weighted by molar-refractivity contribution is 0.263. The van der Waals surface area contributed by atoms with E-state index in [1.807, 2.05) is 0 Å². The van der Waals surface area contributed by atoms with Gasteiger partial charge in [0.25, 0.3) is 0 Å². The van der Waals surface area contributed by atoms with Crippen molar-refractivity contribution < 1.29 is 0 Å². The number of hydrogen-bond donors (Lipinski definition) is 1. The predicted octanol–water partition coefficient (Wildman–Crippen LogP) is 2.12. The molecule has 3 aliphatic rings. The zero-order valence-electron chi connectivity index (χ0n) is 10.3. The van der Waals surface area contributed by atoms with E-state index in [2.05, 4.69) is 28.4 Å². The van der Waals surface area contributed by atoms with E-state index in [-0.39, 0.29) is 0 Å². The zero-order valence-corrected chi connectivity index (χ0v) is 10.3. The molecule has 0 saturated carbocycles. The molecule has 1 N–H and O–H groups in total. The molecule has 2 heteroatoms. The van der Waals surface area contributed by atoms with Crippen LogP contribution in [0.5, 0.6) is 0 Å². The first-order chi connectivity index (χ1) is 8.42. The average molecular weight is 228 g/mol. The number of nitrogens with zero attached hydrogens (tertiary/aromatic N) is 1. The van der Waals surface area contributed by atoms with Gasteiger partial charge in [0.1, 0.15) is 0 Å².